The van der Waals surface area contributed by atoms with E-state index in [1.54, 1.807) is 0 Å². The number of carboxylic acid groups (broad SMARTS) is 1. The molecule has 0 aliphatic heterocycles. The lowest BCUT2D eigenvalue weighted by molar-refractivity contribution is -0.139. The molecule has 2 heteroatoms. The van der Waals surface area contributed by atoms with E-state index in [1.807, 2.05) is 13.0 Å². The molecule has 0 unspecified atom stereocenters. The van der Waals surface area contributed by atoms with Gasteiger partial charge in [0.2, 0.25) is 0 Å². The molecule has 1 atom stereocenters. The average Bonchev–Trinajstić information content (AvgIpc) is 2.62. The summed E-state index contributed by atoms with van der Waals surface area (Å²) < 4.78 is 0. The highest BCUT2D eigenvalue weighted by molar-refractivity contribution is 5.89. The summed E-state index contributed by atoms with van der Waals surface area (Å²) in [6, 6.07) is 6.25. The van der Waals surface area contributed by atoms with E-state index in [1.165, 1.54) is 11.1 Å². The number of aliphatic carboxylic acids is 1. The molecule has 1 N–H and O–H groups in total. The molecular formula is C14H16O2. The van der Waals surface area contributed by atoms with Gasteiger partial charge in [-0.3, -0.25) is 4.79 Å². The fourth-order valence-corrected chi connectivity index (χ4v) is 2.36. The van der Waals surface area contributed by atoms with Gasteiger partial charge in [-0.05, 0) is 36.5 Å². The molecule has 0 aromatic heterocycles. The zero-order chi connectivity index (χ0) is 11.7. The van der Waals surface area contributed by atoms with Crippen LogP contribution < -0.4 is 0 Å². The van der Waals surface area contributed by atoms with Crippen molar-refractivity contribution in [1.82, 2.24) is 0 Å². The standard InChI is InChI=1S/C14H16O2/c1-3-11(14(15)16)13-7-5-10-8-9(2)4-6-12(10)13/h4,6-8,11H,3,5H2,1-2H3,(H,15,16)/t11-/m0/s1. The highest BCUT2D eigenvalue weighted by atomic mass is 16.4. The lowest BCUT2D eigenvalue weighted by Gasteiger charge is -2.13. The second kappa shape index (κ2) is 4.12. The first-order valence-corrected chi connectivity index (χ1v) is 5.66. The number of aryl methyl sites for hydroxylation is 1. The average molecular weight is 216 g/mol. The number of carbonyl (C=O) groups is 1. The molecule has 1 aliphatic rings. The van der Waals surface area contributed by atoms with E-state index < -0.39 is 5.97 Å². The van der Waals surface area contributed by atoms with E-state index in [4.69, 9.17) is 0 Å². The van der Waals surface area contributed by atoms with Gasteiger partial charge in [0.05, 0.1) is 5.92 Å². The SMILES string of the molecule is CC[C@H](C(=O)O)C1=CCc2cc(C)ccc21. The van der Waals surface area contributed by atoms with E-state index in [0.29, 0.717) is 6.42 Å². The second-order valence-electron chi connectivity index (χ2n) is 4.32. The highest BCUT2D eigenvalue weighted by Gasteiger charge is 2.25. The fraction of sp³-hybridized carbons (Fsp3) is 0.357. The summed E-state index contributed by atoms with van der Waals surface area (Å²) in [6.45, 7) is 3.98. The van der Waals surface area contributed by atoms with Gasteiger partial charge >= 0.3 is 5.97 Å². The van der Waals surface area contributed by atoms with Crippen LogP contribution in [0.15, 0.2) is 24.3 Å². The normalized spacial score (nSPS) is 15.5. The Bertz CT molecular complexity index is 458. The van der Waals surface area contributed by atoms with Crippen molar-refractivity contribution in [3.05, 3.63) is 41.0 Å². The summed E-state index contributed by atoms with van der Waals surface area (Å²) >= 11 is 0. The van der Waals surface area contributed by atoms with E-state index >= 15 is 0 Å². The van der Waals surface area contributed by atoms with Crippen LogP contribution in [0.4, 0.5) is 0 Å². The maximum atomic E-state index is 11.2. The Labute approximate surface area is 95.6 Å². The third-order valence-electron chi connectivity index (χ3n) is 3.20. The van der Waals surface area contributed by atoms with Crippen molar-refractivity contribution in [2.45, 2.75) is 26.7 Å². The Kier molecular flexibility index (Phi) is 2.82. The number of fused-ring (bicyclic) bond motifs is 1. The zero-order valence-corrected chi connectivity index (χ0v) is 9.66. The van der Waals surface area contributed by atoms with E-state index in [2.05, 4.69) is 25.1 Å². The number of rotatable bonds is 3. The molecule has 0 spiro atoms. The number of benzene rings is 1. The van der Waals surface area contributed by atoms with E-state index in [-0.39, 0.29) is 5.92 Å². The van der Waals surface area contributed by atoms with Crippen molar-refractivity contribution < 1.29 is 9.90 Å². The van der Waals surface area contributed by atoms with Gasteiger partial charge in [-0.15, -0.1) is 0 Å². The Morgan fingerprint density at radius 2 is 2.25 bits per heavy atom. The molecule has 1 aromatic carbocycles. The molecule has 0 radical (unpaired) electrons. The van der Waals surface area contributed by atoms with Crippen LogP contribution in [0.25, 0.3) is 5.57 Å². The van der Waals surface area contributed by atoms with Crippen LogP contribution in [-0.4, -0.2) is 11.1 Å². The molecule has 1 aliphatic carbocycles. The molecule has 0 amide bonds. The smallest absolute Gasteiger partial charge is 0.310 e. The minimum atomic E-state index is -0.720. The zero-order valence-electron chi connectivity index (χ0n) is 9.66. The van der Waals surface area contributed by atoms with Crippen LogP contribution in [0.5, 0.6) is 0 Å². The Hall–Kier alpha value is -1.57. The summed E-state index contributed by atoms with van der Waals surface area (Å²) in [6.07, 6.45) is 3.58. The Morgan fingerprint density at radius 1 is 1.50 bits per heavy atom. The molecule has 16 heavy (non-hydrogen) atoms. The monoisotopic (exact) mass is 216 g/mol. The summed E-state index contributed by atoms with van der Waals surface area (Å²) in [4.78, 5) is 11.2. The van der Waals surface area contributed by atoms with Crippen molar-refractivity contribution in [2.75, 3.05) is 0 Å². The van der Waals surface area contributed by atoms with Gasteiger partial charge in [-0.25, -0.2) is 0 Å². The number of hydrogen-bond donors (Lipinski definition) is 1. The van der Waals surface area contributed by atoms with Gasteiger partial charge in [0.25, 0.3) is 0 Å². The first kappa shape index (κ1) is 10.9. The molecule has 2 nitrogen and oxygen atoms in total. The Balaban J connectivity index is 2.38. The van der Waals surface area contributed by atoms with Crippen LogP contribution in [0.1, 0.15) is 30.0 Å². The molecule has 0 heterocycles. The molecule has 0 fully saturated rings. The Morgan fingerprint density at radius 3 is 2.88 bits per heavy atom. The van der Waals surface area contributed by atoms with Gasteiger partial charge in [-0.1, -0.05) is 36.8 Å². The predicted molar refractivity (Wildman–Crippen MR) is 64.3 cm³/mol. The second-order valence-corrected chi connectivity index (χ2v) is 4.32. The quantitative estimate of drug-likeness (QED) is 0.843. The van der Waals surface area contributed by atoms with Crippen molar-refractivity contribution in [3.63, 3.8) is 0 Å². The molecule has 84 valence electrons. The maximum Gasteiger partial charge on any atom is 0.310 e. The van der Waals surface area contributed by atoms with Gasteiger partial charge in [0.15, 0.2) is 0 Å². The predicted octanol–water partition coefficient (Wildman–Crippen LogP) is 3.05. The molecule has 0 saturated carbocycles. The molecule has 1 aromatic rings. The number of allylic oxidation sites excluding steroid dienone is 1. The lowest BCUT2D eigenvalue weighted by Crippen LogP contribution is -2.13. The highest BCUT2D eigenvalue weighted by Crippen LogP contribution is 2.34. The van der Waals surface area contributed by atoms with Crippen molar-refractivity contribution in [3.8, 4) is 0 Å². The molecule has 0 bridgehead atoms. The van der Waals surface area contributed by atoms with Gasteiger partial charge in [-0.2, -0.15) is 0 Å². The maximum absolute atomic E-state index is 11.2. The summed E-state index contributed by atoms with van der Waals surface area (Å²) in [5.41, 5.74) is 4.61. The van der Waals surface area contributed by atoms with Gasteiger partial charge < -0.3 is 5.11 Å². The van der Waals surface area contributed by atoms with E-state index in [0.717, 1.165) is 17.6 Å². The fourth-order valence-electron chi connectivity index (χ4n) is 2.36. The number of hydrogen-bond acceptors (Lipinski definition) is 1. The van der Waals surface area contributed by atoms with Crippen LogP contribution in [0.2, 0.25) is 0 Å². The van der Waals surface area contributed by atoms with E-state index in [9.17, 15) is 9.90 Å². The van der Waals surface area contributed by atoms with Gasteiger partial charge in [0, 0.05) is 0 Å². The number of carboxylic acids is 1. The summed E-state index contributed by atoms with van der Waals surface area (Å²) in [5, 5.41) is 9.17. The van der Waals surface area contributed by atoms with Crippen LogP contribution in [0, 0.1) is 12.8 Å². The lowest BCUT2D eigenvalue weighted by atomic mass is 9.91. The van der Waals surface area contributed by atoms with Crippen LogP contribution >= 0.6 is 0 Å². The molecular weight excluding hydrogens is 200 g/mol. The third-order valence-corrected chi connectivity index (χ3v) is 3.20. The topological polar surface area (TPSA) is 37.3 Å². The first-order chi connectivity index (χ1) is 7.63. The van der Waals surface area contributed by atoms with Crippen molar-refractivity contribution in [1.29, 1.82) is 0 Å². The largest absolute Gasteiger partial charge is 0.481 e. The van der Waals surface area contributed by atoms with Crippen molar-refractivity contribution >= 4 is 11.5 Å². The minimum absolute atomic E-state index is 0.357. The van der Waals surface area contributed by atoms with Crippen LogP contribution in [0.3, 0.4) is 0 Å². The summed E-state index contributed by atoms with van der Waals surface area (Å²) in [5.74, 6) is -1.08. The molecule has 2 rings (SSSR count). The van der Waals surface area contributed by atoms with Gasteiger partial charge in [0.1, 0.15) is 0 Å². The third kappa shape index (κ3) is 1.75. The minimum Gasteiger partial charge on any atom is -0.481 e. The van der Waals surface area contributed by atoms with Crippen molar-refractivity contribution in [2.24, 2.45) is 5.92 Å². The first-order valence-electron chi connectivity index (χ1n) is 5.66. The van der Waals surface area contributed by atoms with Crippen LogP contribution in [-0.2, 0) is 11.2 Å². The molecule has 0 saturated heterocycles. The summed E-state index contributed by atoms with van der Waals surface area (Å²) in [7, 11) is 0.